The normalized spacial score (nSPS) is 19.1. The van der Waals surface area contributed by atoms with Gasteiger partial charge in [0.1, 0.15) is 5.82 Å². The van der Waals surface area contributed by atoms with Crippen molar-refractivity contribution in [1.82, 2.24) is 14.8 Å². The zero-order valence-electron chi connectivity index (χ0n) is 17.1. The number of pyridine rings is 1. The molecule has 0 N–H and O–H groups in total. The fraction of sp³-hybridized carbons (Fsp3) is 0.391. The van der Waals surface area contributed by atoms with E-state index < -0.39 is 0 Å². The van der Waals surface area contributed by atoms with Crippen molar-refractivity contribution < 1.29 is 9.59 Å². The summed E-state index contributed by atoms with van der Waals surface area (Å²) < 4.78 is 0. The standard InChI is InChI=1S/C23H25N5O2/c1-17-2-4-18(5-3-17)15-28-16-20(13-22(28)29)23(30)27-10-8-26(9-11-27)21-12-19(14-24)6-7-25-21/h2-7,12,20H,8-11,13,15-16H2,1H3. The smallest absolute Gasteiger partial charge is 0.228 e. The van der Waals surface area contributed by atoms with E-state index in [-0.39, 0.29) is 24.2 Å². The Bertz CT molecular complexity index is 974. The van der Waals surface area contributed by atoms with Gasteiger partial charge in [-0.2, -0.15) is 5.26 Å². The maximum Gasteiger partial charge on any atom is 0.228 e. The summed E-state index contributed by atoms with van der Waals surface area (Å²) in [6.45, 7) is 5.60. The molecule has 7 nitrogen and oxygen atoms in total. The highest BCUT2D eigenvalue weighted by Gasteiger charge is 2.37. The lowest BCUT2D eigenvalue weighted by Gasteiger charge is -2.36. The van der Waals surface area contributed by atoms with Crippen molar-refractivity contribution in [2.75, 3.05) is 37.6 Å². The van der Waals surface area contributed by atoms with Crippen molar-refractivity contribution in [2.45, 2.75) is 19.9 Å². The molecule has 0 radical (unpaired) electrons. The third-order valence-electron chi connectivity index (χ3n) is 5.85. The molecule has 0 aliphatic carbocycles. The molecule has 1 aromatic heterocycles. The Kier molecular flexibility index (Phi) is 5.66. The van der Waals surface area contributed by atoms with Crippen molar-refractivity contribution in [1.29, 1.82) is 5.26 Å². The van der Waals surface area contributed by atoms with Crippen LogP contribution in [0.25, 0.3) is 0 Å². The number of aryl methyl sites for hydroxylation is 1. The predicted octanol–water partition coefficient (Wildman–Crippen LogP) is 1.96. The SMILES string of the molecule is Cc1ccc(CN2CC(C(=O)N3CCN(c4cc(C#N)ccn4)CC3)CC2=O)cc1. The third kappa shape index (κ3) is 4.28. The summed E-state index contributed by atoms with van der Waals surface area (Å²) in [5.74, 6) is 0.606. The average Bonchev–Trinajstić information content (AvgIpc) is 3.15. The summed E-state index contributed by atoms with van der Waals surface area (Å²) in [5.41, 5.74) is 2.85. The van der Waals surface area contributed by atoms with Crippen LogP contribution in [0.15, 0.2) is 42.6 Å². The van der Waals surface area contributed by atoms with Crippen molar-refractivity contribution in [3.8, 4) is 6.07 Å². The van der Waals surface area contributed by atoms with Crippen LogP contribution in [-0.2, 0) is 16.1 Å². The minimum atomic E-state index is -0.269. The molecule has 4 rings (SSSR count). The van der Waals surface area contributed by atoms with Gasteiger partial charge in [0.15, 0.2) is 0 Å². The molecule has 0 spiro atoms. The molecule has 2 aliphatic rings. The second-order valence-electron chi connectivity index (χ2n) is 7.99. The van der Waals surface area contributed by atoms with Crippen LogP contribution >= 0.6 is 0 Å². The van der Waals surface area contributed by atoms with Crippen LogP contribution in [0.2, 0.25) is 0 Å². The van der Waals surface area contributed by atoms with Crippen LogP contribution in [0.3, 0.4) is 0 Å². The highest BCUT2D eigenvalue weighted by atomic mass is 16.2. The summed E-state index contributed by atoms with van der Waals surface area (Å²) in [6.07, 6.45) is 1.93. The van der Waals surface area contributed by atoms with Crippen molar-refractivity contribution in [3.05, 3.63) is 59.3 Å². The third-order valence-corrected chi connectivity index (χ3v) is 5.85. The molecule has 0 bridgehead atoms. The Morgan fingerprint density at radius 1 is 1.17 bits per heavy atom. The maximum atomic E-state index is 13.0. The van der Waals surface area contributed by atoms with E-state index in [0.29, 0.717) is 44.8 Å². The van der Waals surface area contributed by atoms with Gasteiger partial charge in [0.2, 0.25) is 11.8 Å². The topological polar surface area (TPSA) is 80.5 Å². The Labute approximate surface area is 176 Å². The monoisotopic (exact) mass is 403 g/mol. The fourth-order valence-electron chi connectivity index (χ4n) is 4.08. The Morgan fingerprint density at radius 2 is 1.90 bits per heavy atom. The maximum absolute atomic E-state index is 13.0. The van der Waals surface area contributed by atoms with E-state index in [9.17, 15) is 9.59 Å². The molecule has 0 saturated carbocycles. The molecule has 1 atom stereocenters. The van der Waals surface area contributed by atoms with E-state index in [0.717, 1.165) is 11.4 Å². The number of anilines is 1. The first-order valence-corrected chi connectivity index (χ1v) is 10.3. The van der Waals surface area contributed by atoms with E-state index in [4.69, 9.17) is 5.26 Å². The molecular formula is C23H25N5O2. The minimum Gasteiger partial charge on any atom is -0.353 e. The highest BCUT2D eigenvalue weighted by molar-refractivity contribution is 5.89. The number of nitrogens with zero attached hydrogens (tertiary/aromatic N) is 5. The predicted molar refractivity (Wildman–Crippen MR) is 112 cm³/mol. The lowest BCUT2D eigenvalue weighted by molar-refractivity contribution is -0.136. The molecule has 2 aliphatic heterocycles. The molecule has 7 heteroatoms. The lowest BCUT2D eigenvalue weighted by atomic mass is 10.1. The number of rotatable bonds is 4. The summed E-state index contributed by atoms with van der Waals surface area (Å²) in [4.78, 5) is 35.5. The van der Waals surface area contributed by atoms with Gasteiger partial charge in [0.05, 0.1) is 17.6 Å². The number of nitriles is 1. The molecule has 2 fully saturated rings. The largest absolute Gasteiger partial charge is 0.353 e. The summed E-state index contributed by atoms with van der Waals surface area (Å²) >= 11 is 0. The summed E-state index contributed by atoms with van der Waals surface area (Å²) in [6, 6.07) is 13.7. The van der Waals surface area contributed by atoms with Crippen LogP contribution < -0.4 is 4.90 Å². The molecular weight excluding hydrogens is 378 g/mol. The molecule has 154 valence electrons. The Hall–Kier alpha value is -3.40. The molecule has 3 heterocycles. The van der Waals surface area contributed by atoms with Gasteiger partial charge in [-0.15, -0.1) is 0 Å². The quantitative estimate of drug-likeness (QED) is 0.780. The summed E-state index contributed by atoms with van der Waals surface area (Å²) in [7, 11) is 0. The number of hydrogen-bond acceptors (Lipinski definition) is 5. The van der Waals surface area contributed by atoms with Gasteiger partial charge in [-0.05, 0) is 24.6 Å². The van der Waals surface area contributed by atoms with E-state index in [2.05, 4.69) is 16.0 Å². The fourth-order valence-corrected chi connectivity index (χ4v) is 4.08. The van der Waals surface area contributed by atoms with Crippen molar-refractivity contribution in [2.24, 2.45) is 5.92 Å². The Balaban J connectivity index is 1.32. The number of likely N-dealkylation sites (tertiary alicyclic amines) is 1. The van der Waals surface area contributed by atoms with Gasteiger partial charge in [-0.3, -0.25) is 9.59 Å². The zero-order chi connectivity index (χ0) is 21.1. The highest BCUT2D eigenvalue weighted by Crippen LogP contribution is 2.24. The van der Waals surface area contributed by atoms with E-state index >= 15 is 0 Å². The number of amides is 2. The second-order valence-corrected chi connectivity index (χ2v) is 7.99. The number of carbonyl (C=O) groups is 2. The van der Waals surface area contributed by atoms with E-state index in [1.54, 1.807) is 23.2 Å². The number of piperazine rings is 1. The van der Waals surface area contributed by atoms with E-state index in [1.165, 1.54) is 5.56 Å². The van der Waals surface area contributed by atoms with Crippen LogP contribution in [0.1, 0.15) is 23.1 Å². The molecule has 30 heavy (non-hydrogen) atoms. The first kappa shape index (κ1) is 19.9. The lowest BCUT2D eigenvalue weighted by Crippen LogP contribution is -2.51. The number of carbonyl (C=O) groups excluding carboxylic acids is 2. The van der Waals surface area contributed by atoms with Crippen LogP contribution in [0, 0.1) is 24.2 Å². The second kappa shape index (κ2) is 8.54. The number of hydrogen-bond donors (Lipinski definition) is 0. The molecule has 1 aromatic carbocycles. The van der Waals surface area contributed by atoms with Gasteiger partial charge in [-0.25, -0.2) is 4.98 Å². The van der Waals surface area contributed by atoms with Crippen LogP contribution in [0.5, 0.6) is 0 Å². The number of benzene rings is 1. The van der Waals surface area contributed by atoms with Gasteiger partial charge in [-0.1, -0.05) is 29.8 Å². The number of aromatic nitrogens is 1. The first-order valence-electron chi connectivity index (χ1n) is 10.3. The Morgan fingerprint density at radius 3 is 2.60 bits per heavy atom. The van der Waals surface area contributed by atoms with Crippen molar-refractivity contribution in [3.63, 3.8) is 0 Å². The zero-order valence-corrected chi connectivity index (χ0v) is 17.1. The van der Waals surface area contributed by atoms with Crippen LogP contribution in [0.4, 0.5) is 5.82 Å². The van der Waals surface area contributed by atoms with Crippen LogP contribution in [-0.4, -0.2) is 59.3 Å². The van der Waals surface area contributed by atoms with Gasteiger partial charge in [0, 0.05) is 51.9 Å². The van der Waals surface area contributed by atoms with E-state index in [1.807, 2.05) is 36.1 Å². The van der Waals surface area contributed by atoms with Gasteiger partial charge < -0.3 is 14.7 Å². The van der Waals surface area contributed by atoms with Crippen molar-refractivity contribution >= 4 is 17.6 Å². The minimum absolute atomic E-state index is 0.0464. The molecule has 1 unspecified atom stereocenters. The molecule has 2 aromatic rings. The van der Waals surface area contributed by atoms with Gasteiger partial charge in [0.25, 0.3) is 0 Å². The average molecular weight is 403 g/mol. The first-order chi connectivity index (χ1) is 14.5. The molecule has 2 saturated heterocycles. The molecule has 2 amide bonds. The van der Waals surface area contributed by atoms with Gasteiger partial charge >= 0.3 is 0 Å². The summed E-state index contributed by atoms with van der Waals surface area (Å²) in [5, 5.41) is 9.06.